The molecule has 0 aliphatic rings. The Kier molecular flexibility index (Phi) is 4.76. The van der Waals surface area contributed by atoms with Crippen LogP contribution in [-0.4, -0.2) is 6.10 Å². The van der Waals surface area contributed by atoms with Crippen molar-refractivity contribution >= 4 is 21.6 Å². The number of hydrogen-bond acceptors (Lipinski definition) is 3. The Balaban J connectivity index is 2.09. The van der Waals surface area contributed by atoms with Gasteiger partial charge in [-0.25, -0.2) is 0 Å². The quantitative estimate of drug-likeness (QED) is 0.802. The van der Waals surface area contributed by atoms with E-state index in [-0.39, 0.29) is 12.1 Å². The molecule has 4 heteroatoms. The molecule has 0 aliphatic heterocycles. The average molecular weight is 338 g/mol. The first-order valence-corrected chi connectivity index (χ1v) is 7.54. The molecule has 2 aromatic rings. The third-order valence-corrected chi connectivity index (χ3v) is 3.39. The minimum Gasteiger partial charge on any atom is -0.491 e. The molecule has 0 fully saturated rings. The van der Waals surface area contributed by atoms with Crippen LogP contribution in [0.25, 0.3) is 0 Å². The van der Waals surface area contributed by atoms with E-state index in [0.717, 1.165) is 27.4 Å². The summed E-state index contributed by atoms with van der Waals surface area (Å²) in [5, 5.41) is 3.45. The van der Waals surface area contributed by atoms with Crippen molar-refractivity contribution in [3.8, 4) is 5.75 Å². The maximum atomic E-state index is 5.69. The van der Waals surface area contributed by atoms with Crippen molar-refractivity contribution < 1.29 is 9.15 Å². The average Bonchev–Trinajstić information content (AvgIpc) is 2.78. The van der Waals surface area contributed by atoms with Crippen molar-refractivity contribution in [3.63, 3.8) is 0 Å². The molecule has 1 aromatic carbocycles. The summed E-state index contributed by atoms with van der Waals surface area (Å²) in [7, 11) is 0. The Morgan fingerprint density at radius 2 is 1.90 bits per heavy atom. The highest BCUT2D eigenvalue weighted by molar-refractivity contribution is 9.10. The van der Waals surface area contributed by atoms with Gasteiger partial charge in [-0.15, -0.1) is 0 Å². The molecule has 1 heterocycles. The number of halogens is 1. The summed E-state index contributed by atoms with van der Waals surface area (Å²) in [6.07, 6.45) is 0.188. The zero-order chi connectivity index (χ0) is 14.7. The van der Waals surface area contributed by atoms with E-state index in [2.05, 4.69) is 35.1 Å². The minimum absolute atomic E-state index is 0.108. The monoisotopic (exact) mass is 337 g/mol. The van der Waals surface area contributed by atoms with Crippen LogP contribution in [0.15, 0.2) is 39.4 Å². The van der Waals surface area contributed by atoms with Crippen LogP contribution >= 0.6 is 15.9 Å². The van der Waals surface area contributed by atoms with E-state index in [1.54, 1.807) is 0 Å². The lowest BCUT2D eigenvalue weighted by Crippen LogP contribution is -2.08. The molecule has 3 nitrogen and oxygen atoms in total. The van der Waals surface area contributed by atoms with Crippen LogP contribution in [0.1, 0.15) is 38.1 Å². The minimum atomic E-state index is 0.108. The number of nitrogens with one attached hydrogen (secondary N) is 1. The number of ether oxygens (including phenoxy) is 1. The van der Waals surface area contributed by atoms with Gasteiger partial charge in [-0.2, -0.15) is 0 Å². The van der Waals surface area contributed by atoms with Crippen molar-refractivity contribution in [1.82, 2.24) is 0 Å². The summed E-state index contributed by atoms with van der Waals surface area (Å²) in [6.45, 7) is 8.19. The van der Waals surface area contributed by atoms with Gasteiger partial charge in [0.15, 0.2) is 4.67 Å². The smallest absolute Gasteiger partial charge is 0.169 e. The molecule has 20 heavy (non-hydrogen) atoms. The van der Waals surface area contributed by atoms with Gasteiger partial charge in [0.25, 0.3) is 0 Å². The molecule has 1 unspecified atom stereocenters. The number of rotatable bonds is 5. The topological polar surface area (TPSA) is 34.4 Å². The summed E-state index contributed by atoms with van der Waals surface area (Å²) in [5.41, 5.74) is 2.24. The molecule has 0 saturated carbocycles. The van der Waals surface area contributed by atoms with Gasteiger partial charge in [0.2, 0.25) is 0 Å². The number of hydrogen-bond donors (Lipinski definition) is 1. The van der Waals surface area contributed by atoms with E-state index in [1.807, 2.05) is 44.2 Å². The molecule has 0 aliphatic carbocycles. The number of aryl methyl sites for hydroxylation is 1. The lowest BCUT2D eigenvalue weighted by Gasteiger charge is -2.17. The predicted molar refractivity (Wildman–Crippen MR) is 85.4 cm³/mol. The highest BCUT2D eigenvalue weighted by atomic mass is 79.9. The lowest BCUT2D eigenvalue weighted by molar-refractivity contribution is 0.242. The summed E-state index contributed by atoms with van der Waals surface area (Å²) in [6, 6.07) is 10.1. The van der Waals surface area contributed by atoms with Gasteiger partial charge in [-0.3, -0.25) is 0 Å². The Morgan fingerprint density at radius 3 is 2.45 bits per heavy atom. The molecule has 1 atom stereocenters. The van der Waals surface area contributed by atoms with E-state index in [4.69, 9.17) is 9.15 Å². The van der Waals surface area contributed by atoms with Crippen LogP contribution in [0.4, 0.5) is 5.69 Å². The molecule has 108 valence electrons. The first-order chi connectivity index (χ1) is 9.45. The molecule has 0 radical (unpaired) electrons. The summed E-state index contributed by atoms with van der Waals surface area (Å²) in [5.74, 6) is 1.80. The van der Waals surface area contributed by atoms with E-state index in [1.165, 1.54) is 0 Å². The summed E-state index contributed by atoms with van der Waals surface area (Å²) >= 11 is 3.32. The molecular weight excluding hydrogens is 318 g/mol. The molecule has 1 N–H and O–H groups in total. The number of anilines is 1. The highest BCUT2D eigenvalue weighted by Crippen LogP contribution is 2.27. The second-order valence-electron chi connectivity index (χ2n) is 5.15. The SMILES string of the molecule is Cc1cc(OC(C)C)ccc1NC(C)c1ccc(Br)o1. The molecule has 0 saturated heterocycles. The first kappa shape index (κ1) is 15.0. The van der Waals surface area contributed by atoms with Gasteiger partial charge in [0, 0.05) is 5.69 Å². The maximum absolute atomic E-state index is 5.69. The summed E-state index contributed by atoms with van der Waals surface area (Å²) < 4.78 is 12.0. The van der Waals surface area contributed by atoms with Gasteiger partial charge in [0.1, 0.15) is 11.5 Å². The Hall–Kier alpha value is -1.42. The molecule has 0 spiro atoms. The van der Waals surface area contributed by atoms with E-state index < -0.39 is 0 Å². The van der Waals surface area contributed by atoms with Crippen LogP contribution in [0.3, 0.4) is 0 Å². The fourth-order valence-electron chi connectivity index (χ4n) is 2.01. The number of benzene rings is 1. The Morgan fingerprint density at radius 1 is 1.15 bits per heavy atom. The van der Waals surface area contributed by atoms with Gasteiger partial charge >= 0.3 is 0 Å². The van der Waals surface area contributed by atoms with Crippen LogP contribution in [0.2, 0.25) is 0 Å². The number of furan rings is 1. The second kappa shape index (κ2) is 6.35. The molecule has 1 aromatic heterocycles. The summed E-state index contributed by atoms with van der Waals surface area (Å²) in [4.78, 5) is 0. The molecule has 0 bridgehead atoms. The highest BCUT2D eigenvalue weighted by Gasteiger charge is 2.11. The van der Waals surface area contributed by atoms with Crippen molar-refractivity contribution in [3.05, 3.63) is 46.3 Å². The van der Waals surface area contributed by atoms with Crippen molar-refractivity contribution in [1.29, 1.82) is 0 Å². The van der Waals surface area contributed by atoms with E-state index >= 15 is 0 Å². The zero-order valence-electron chi connectivity index (χ0n) is 12.2. The van der Waals surface area contributed by atoms with E-state index in [0.29, 0.717) is 0 Å². The van der Waals surface area contributed by atoms with Crippen LogP contribution in [0, 0.1) is 6.92 Å². The standard InChI is InChI=1S/C16H20BrNO2/c1-10(2)19-13-5-6-14(11(3)9-13)18-12(4)15-7-8-16(17)20-15/h5-10,12,18H,1-4H3. The van der Waals surface area contributed by atoms with E-state index in [9.17, 15) is 0 Å². The van der Waals surface area contributed by atoms with Gasteiger partial charge in [0.05, 0.1) is 12.1 Å². The second-order valence-corrected chi connectivity index (χ2v) is 5.93. The maximum Gasteiger partial charge on any atom is 0.169 e. The fourth-order valence-corrected chi connectivity index (χ4v) is 2.33. The van der Waals surface area contributed by atoms with Crippen LogP contribution in [0.5, 0.6) is 5.75 Å². The molecule has 0 amide bonds. The predicted octanol–water partition coefficient (Wildman–Crippen LogP) is 5.31. The van der Waals surface area contributed by atoms with Gasteiger partial charge < -0.3 is 14.5 Å². The molecule has 2 rings (SSSR count). The largest absolute Gasteiger partial charge is 0.491 e. The van der Waals surface area contributed by atoms with Crippen LogP contribution in [-0.2, 0) is 0 Å². The fraction of sp³-hybridized carbons (Fsp3) is 0.375. The van der Waals surface area contributed by atoms with Crippen molar-refractivity contribution in [2.45, 2.75) is 39.8 Å². The zero-order valence-corrected chi connectivity index (χ0v) is 13.8. The first-order valence-electron chi connectivity index (χ1n) is 6.75. The Labute approximate surface area is 128 Å². The third-order valence-electron chi connectivity index (χ3n) is 2.96. The van der Waals surface area contributed by atoms with Crippen molar-refractivity contribution in [2.24, 2.45) is 0 Å². The van der Waals surface area contributed by atoms with Crippen molar-refractivity contribution in [2.75, 3.05) is 5.32 Å². The lowest BCUT2D eigenvalue weighted by atomic mass is 10.1. The van der Waals surface area contributed by atoms with Crippen LogP contribution < -0.4 is 10.1 Å². The normalized spacial score (nSPS) is 12.5. The van der Waals surface area contributed by atoms with Gasteiger partial charge in [-0.05, 0) is 79.5 Å². The van der Waals surface area contributed by atoms with Gasteiger partial charge in [-0.1, -0.05) is 0 Å². The molecular formula is C16H20BrNO2. The Bertz CT molecular complexity index is 578. The third kappa shape index (κ3) is 3.79.